The van der Waals surface area contributed by atoms with E-state index in [0.29, 0.717) is 19.4 Å². The minimum absolute atomic E-state index is 0.0800. The molecule has 2 heterocycles. The summed E-state index contributed by atoms with van der Waals surface area (Å²) in [6.45, 7) is 9.08. The van der Waals surface area contributed by atoms with E-state index in [9.17, 15) is 4.79 Å². The van der Waals surface area contributed by atoms with Gasteiger partial charge in [0.15, 0.2) is 5.79 Å². The van der Waals surface area contributed by atoms with Gasteiger partial charge < -0.3 is 14.2 Å². The fraction of sp³-hybridized carbons (Fsp3) is 0.929. The van der Waals surface area contributed by atoms with Crippen LogP contribution in [-0.4, -0.2) is 37.0 Å². The Kier molecular flexibility index (Phi) is 3.81. The lowest BCUT2D eigenvalue weighted by molar-refractivity contribution is -0.304. The molecular formula is C14H24O4. The Morgan fingerprint density at radius 1 is 1.33 bits per heavy atom. The molecule has 0 aromatic rings. The van der Waals surface area contributed by atoms with Crippen LogP contribution in [0.5, 0.6) is 0 Å². The van der Waals surface area contributed by atoms with Crippen molar-refractivity contribution in [3.05, 3.63) is 0 Å². The van der Waals surface area contributed by atoms with Gasteiger partial charge in [-0.2, -0.15) is 0 Å². The first-order chi connectivity index (χ1) is 8.30. The van der Waals surface area contributed by atoms with Crippen LogP contribution in [0, 0.1) is 5.41 Å². The quantitative estimate of drug-likeness (QED) is 0.777. The van der Waals surface area contributed by atoms with Gasteiger partial charge in [-0.1, -0.05) is 20.8 Å². The topological polar surface area (TPSA) is 44.8 Å². The van der Waals surface area contributed by atoms with Crippen LogP contribution in [0.3, 0.4) is 0 Å². The third-order valence-electron chi connectivity index (χ3n) is 3.75. The maximum absolute atomic E-state index is 11.9. The van der Waals surface area contributed by atoms with E-state index in [2.05, 4.69) is 0 Å². The minimum Gasteiger partial charge on any atom is -0.373 e. The molecule has 0 aliphatic carbocycles. The molecule has 0 N–H and O–H groups in total. The van der Waals surface area contributed by atoms with Gasteiger partial charge >= 0.3 is 0 Å². The first-order valence-corrected chi connectivity index (χ1v) is 6.77. The monoisotopic (exact) mass is 256 g/mol. The smallest absolute Gasteiger partial charge is 0.166 e. The largest absolute Gasteiger partial charge is 0.373 e. The summed E-state index contributed by atoms with van der Waals surface area (Å²) in [6, 6.07) is 0. The molecule has 104 valence electrons. The number of ether oxygens (including phenoxy) is 3. The summed E-state index contributed by atoms with van der Waals surface area (Å²) in [4.78, 5) is 11.9. The molecule has 0 aromatic carbocycles. The highest BCUT2D eigenvalue weighted by atomic mass is 16.7. The van der Waals surface area contributed by atoms with E-state index >= 15 is 0 Å². The number of carbonyl (C=O) groups is 1. The molecule has 2 saturated heterocycles. The predicted molar refractivity (Wildman–Crippen MR) is 67.3 cm³/mol. The van der Waals surface area contributed by atoms with Gasteiger partial charge in [0.05, 0.1) is 12.7 Å². The van der Waals surface area contributed by atoms with Crippen molar-refractivity contribution in [3.63, 3.8) is 0 Å². The lowest BCUT2D eigenvalue weighted by Gasteiger charge is -2.40. The number of ketones is 1. The second kappa shape index (κ2) is 4.91. The van der Waals surface area contributed by atoms with E-state index in [1.54, 1.807) is 0 Å². The molecule has 4 nitrogen and oxygen atoms in total. The molecule has 0 bridgehead atoms. The van der Waals surface area contributed by atoms with Gasteiger partial charge in [-0.05, 0) is 13.3 Å². The molecule has 0 spiro atoms. The average molecular weight is 256 g/mol. The normalized spacial score (nSPS) is 36.4. The van der Waals surface area contributed by atoms with E-state index in [1.807, 2.05) is 27.7 Å². The molecule has 4 heteroatoms. The predicted octanol–water partition coefficient (Wildman–Crippen LogP) is 2.30. The summed E-state index contributed by atoms with van der Waals surface area (Å²) < 4.78 is 17.2. The Morgan fingerprint density at radius 2 is 2.06 bits per heavy atom. The molecule has 2 unspecified atom stereocenters. The zero-order valence-corrected chi connectivity index (χ0v) is 11.8. The number of hydrogen-bond donors (Lipinski definition) is 0. The van der Waals surface area contributed by atoms with Crippen molar-refractivity contribution in [2.24, 2.45) is 5.41 Å². The molecule has 0 radical (unpaired) electrons. The van der Waals surface area contributed by atoms with Crippen LogP contribution in [0.2, 0.25) is 0 Å². The number of carbonyl (C=O) groups excluding carboxylic acids is 1. The van der Waals surface area contributed by atoms with Crippen LogP contribution < -0.4 is 0 Å². The van der Waals surface area contributed by atoms with Gasteiger partial charge in [0.2, 0.25) is 0 Å². The Morgan fingerprint density at radius 3 is 2.72 bits per heavy atom. The van der Waals surface area contributed by atoms with Crippen molar-refractivity contribution in [2.75, 3.05) is 13.2 Å². The van der Waals surface area contributed by atoms with Gasteiger partial charge in [0.1, 0.15) is 11.9 Å². The molecule has 0 aromatic heterocycles. The number of hydrogen-bond acceptors (Lipinski definition) is 4. The van der Waals surface area contributed by atoms with E-state index in [-0.39, 0.29) is 23.4 Å². The molecule has 2 aliphatic rings. The maximum atomic E-state index is 11.9. The lowest BCUT2D eigenvalue weighted by atomic mass is 9.87. The van der Waals surface area contributed by atoms with Crippen LogP contribution in [0.4, 0.5) is 0 Å². The second-order valence-corrected chi connectivity index (χ2v) is 6.47. The van der Waals surface area contributed by atoms with Gasteiger partial charge in [-0.25, -0.2) is 0 Å². The summed E-state index contributed by atoms with van der Waals surface area (Å²) in [7, 11) is 0. The molecule has 2 aliphatic heterocycles. The number of fused-ring (bicyclic) bond motifs is 1. The Bertz CT molecular complexity index is 320. The molecule has 3 atom stereocenters. The van der Waals surface area contributed by atoms with Crippen LogP contribution in [0.25, 0.3) is 0 Å². The fourth-order valence-corrected chi connectivity index (χ4v) is 2.38. The first-order valence-electron chi connectivity index (χ1n) is 6.77. The molecule has 2 rings (SSSR count). The van der Waals surface area contributed by atoms with Gasteiger partial charge in [0.25, 0.3) is 0 Å². The van der Waals surface area contributed by atoms with Crippen LogP contribution >= 0.6 is 0 Å². The summed E-state index contributed by atoms with van der Waals surface area (Å²) in [5, 5.41) is 0. The summed E-state index contributed by atoms with van der Waals surface area (Å²) in [6.07, 6.45) is 2.26. The van der Waals surface area contributed by atoms with Crippen molar-refractivity contribution in [1.82, 2.24) is 0 Å². The summed E-state index contributed by atoms with van der Waals surface area (Å²) in [5.74, 6) is -0.379. The second-order valence-electron chi connectivity index (χ2n) is 6.47. The highest BCUT2D eigenvalue weighted by Gasteiger charge is 2.43. The van der Waals surface area contributed by atoms with Crippen molar-refractivity contribution in [1.29, 1.82) is 0 Å². The molecule has 2 fully saturated rings. The Hall–Kier alpha value is -0.450. The van der Waals surface area contributed by atoms with Crippen molar-refractivity contribution < 1.29 is 19.0 Å². The third kappa shape index (κ3) is 3.11. The van der Waals surface area contributed by atoms with Gasteiger partial charge in [-0.15, -0.1) is 0 Å². The first kappa shape index (κ1) is 14.0. The Labute approximate surface area is 109 Å². The molecular weight excluding hydrogens is 232 g/mol. The maximum Gasteiger partial charge on any atom is 0.166 e. The van der Waals surface area contributed by atoms with Crippen LogP contribution in [0.1, 0.15) is 47.0 Å². The Balaban J connectivity index is 1.87. The van der Waals surface area contributed by atoms with E-state index in [1.165, 1.54) is 0 Å². The van der Waals surface area contributed by atoms with Gasteiger partial charge in [0, 0.05) is 24.9 Å². The highest BCUT2D eigenvalue weighted by molar-refractivity contribution is 5.83. The zero-order chi connectivity index (χ0) is 13.4. The zero-order valence-electron chi connectivity index (χ0n) is 11.8. The van der Waals surface area contributed by atoms with Gasteiger partial charge in [-0.3, -0.25) is 4.79 Å². The van der Waals surface area contributed by atoms with Crippen LogP contribution in [-0.2, 0) is 19.0 Å². The third-order valence-corrected chi connectivity index (χ3v) is 3.75. The SMILES string of the molecule is CC(C)(C)C(=O)CC[C@]1(C)OCC2OCCC2O1. The van der Waals surface area contributed by atoms with Crippen molar-refractivity contribution in [2.45, 2.75) is 65.0 Å². The average Bonchev–Trinajstić information content (AvgIpc) is 2.71. The highest BCUT2D eigenvalue weighted by Crippen LogP contribution is 2.33. The summed E-state index contributed by atoms with van der Waals surface area (Å²) in [5.41, 5.74) is -0.288. The summed E-state index contributed by atoms with van der Waals surface area (Å²) >= 11 is 0. The van der Waals surface area contributed by atoms with Crippen molar-refractivity contribution >= 4 is 5.78 Å². The van der Waals surface area contributed by atoms with E-state index in [0.717, 1.165) is 13.0 Å². The molecule has 18 heavy (non-hydrogen) atoms. The van der Waals surface area contributed by atoms with Crippen LogP contribution in [0.15, 0.2) is 0 Å². The standard InChI is InChI=1S/C14H24O4/c1-13(2,3)12(15)5-7-14(4)17-9-11-10(18-14)6-8-16-11/h10-11H,5-9H2,1-4H3/t10?,11?,14-/m1/s1. The fourth-order valence-electron chi connectivity index (χ4n) is 2.38. The molecule has 0 saturated carbocycles. The molecule has 0 amide bonds. The number of rotatable bonds is 3. The lowest BCUT2D eigenvalue weighted by Crippen LogP contribution is -2.48. The van der Waals surface area contributed by atoms with Crippen molar-refractivity contribution in [3.8, 4) is 0 Å². The minimum atomic E-state index is -0.629. The number of Topliss-reactive ketones (excluding diaryl/α,β-unsaturated/α-hetero) is 1. The van der Waals surface area contributed by atoms with E-state index in [4.69, 9.17) is 14.2 Å². The van der Waals surface area contributed by atoms with E-state index < -0.39 is 5.79 Å².